The SMILES string of the molecule is CC=C=COC(C)=O.O.[MgH2]. The number of esters is 1. The van der Waals surface area contributed by atoms with Gasteiger partial charge >= 0.3 is 29.0 Å². The van der Waals surface area contributed by atoms with Gasteiger partial charge in [-0.25, -0.2) is 0 Å². The fourth-order valence-electron chi connectivity index (χ4n) is 0.185. The maximum Gasteiger partial charge on any atom is 0.316 e. The Morgan fingerprint density at radius 3 is 2.40 bits per heavy atom. The van der Waals surface area contributed by atoms with E-state index in [0.29, 0.717) is 0 Å². The van der Waals surface area contributed by atoms with E-state index in [1.807, 2.05) is 0 Å². The topological polar surface area (TPSA) is 57.8 Å². The van der Waals surface area contributed by atoms with Crippen molar-refractivity contribution < 1.29 is 15.0 Å². The van der Waals surface area contributed by atoms with Crippen LogP contribution >= 0.6 is 0 Å². The van der Waals surface area contributed by atoms with Crippen LogP contribution in [0.15, 0.2) is 18.1 Å². The number of carbonyl (C=O) groups is 1. The van der Waals surface area contributed by atoms with E-state index < -0.39 is 0 Å². The molecular weight excluding hydrogens is 144 g/mol. The Bertz CT molecular complexity index is 136. The fraction of sp³-hybridized carbons (Fsp3) is 0.333. The van der Waals surface area contributed by atoms with Crippen LogP contribution in [-0.2, 0) is 9.53 Å². The van der Waals surface area contributed by atoms with Gasteiger partial charge in [-0.3, -0.25) is 4.79 Å². The summed E-state index contributed by atoms with van der Waals surface area (Å²) in [6.45, 7) is 3.13. The third kappa shape index (κ3) is 15.6. The first-order valence-corrected chi connectivity index (χ1v) is 2.30. The quantitative estimate of drug-likeness (QED) is 0.222. The molecule has 4 heteroatoms. The maximum atomic E-state index is 10.0. The second-order valence-electron chi connectivity index (χ2n) is 1.18. The highest BCUT2D eigenvalue weighted by Gasteiger charge is 1.80. The van der Waals surface area contributed by atoms with Crippen LogP contribution in [0.25, 0.3) is 0 Å². The van der Waals surface area contributed by atoms with Crippen molar-refractivity contribution in [2.24, 2.45) is 0 Å². The number of hydrogen-bond acceptors (Lipinski definition) is 2. The highest BCUT2D eigenvalue weighted by molar-refractivity contribution is 5.75. The standard InChI is InChI=1S/C6H8O2.Mg.H2O.2H/c1-3-4-5-8-6(2)7;;;;/h3,5H,1-2H3;;1H2;;. The summed E-state index contributed by atoms with van der Waals surface area (Å²) in [6.07, 6.45) is 2.88. The molecule has 0 fully saturated rings. The molecule has 10 heavy (non-hydrogen) atoms. The van der Waals surface area contributed by atoms with E-state index in [2.05, 4.69) is 10.5 Å². The number of hydrogen-bond donors (Lipinski definition) is 0. The fourth-order valence-corrected chi connectivity index (χ4v) is 0.185. The minimum absolute atomic E-state index is 0. The number of allylic oxidation sites excluding steroid dienone is 1. The third-order valence-electron chi connectivity index (χ3n) is 0.460. The van der Waals surface area contributed by atoms with Gasteiger partial charge in [0.25, 0.3) is 0 Å². The molecule has 0 aromatic heterocycles. The summed E-state index contributed by atoms with van der Waals surface area (Å²) in [7, 11) is 0. The molecule has 0 radical (unpaired) electrons. The highest BCUT2D eigenvalue weighted by Crippen LogP contribution is 1.74. The molecule has 0 bridgehead atoms. The van der Waals surface area contributed by atoms with Gasteiger partial charge in [-0.2, -0.15) is 0 Å². The number of carbonyl (C=O) groups excluding carboxylic acids is 1. The molecule has 56 valence electrons. The Morgan fingerprint density at radius 1 is 1.60 bits per heavy atom. The van der Waals surface area contributed by atoms with Gasteiger partial charge in [0.1, 0.15) is 6.26 Å². The van der Waals surface area contributed by atoms with Gasteiger partial charge in [-0.15, -0.1) is 0 Å². The molecule has 0 aliphatic rings. The lowest BCUT2D eigenvalue weighted by Crippen LogP contribution is -1.87. The van der Waals surface area contributed by atoms with Gasteiger partial charge in [0.2, 0.25) is 0 Å². The molecule has 2 N–H and O–H groups in total. The average molecular weight is 156 g/mol. The lowest BCUT2D eigenvalue weighted by molar-refractivity contribution is -0.135. The van der Waals surface area contributed by atoms with E-state index in [1.165, 1.54) is 13.2 Å². The van der Waals surface area contributed by atoms with Crippen LogP contribution in [0.1, 0.15) is 13.8 Å². The molecule has 0 heterocycles. The first-order valence-electron chi connectivity index (χ1n) is 2.30. The third-order valence-corrected chi connectivity index (χ3v) is 0.460. The molecule has 3 nitrogen and oxygen atoms in total. The van der Waals surface area contributed by atoms with Crippen molar-refractivity contribution in [1.82, 2.24) is 0 Å². The summed E-state index contributed by atoms with van der Waals surface area (Å²) in [5, 5.41) is 0. The summed E-state index contributed by atoms with van der Waals surface area (Å²) in [5.74, 6) is -0.320. The van der Waals surface area contributed by atoms with Gasteiger partial charge in [0, 0.05) is 6.92 Å². The molecular formula is C6H12MgO3. The lowest BCUT2D eigenvalue weighted by Gasteiger charge is -1.83. The van der Waals surface area contributed by atoms with Crippen molar-refractivity contribution in [2.75, 3.05) is 0 Å². The Morgan fingerprint density at radius 2 is 2.10 bits per heavy atom. The summed E-state index contributed by atoms with van der Waals surface area (Å²) in [4.78, 5) is 10.0. The van der Waals surface area contributed by atoms with Crippen molar-refractivity contribution in [3.8, 4) is 0 Å². The predicted molar refractivity (Wildman–Crippen MR) is 42.3 cm³/mol. The smallest absolute Gasteiger partial charge is 0.316 e. The molecule has 0 atom stereocenters. The Labute approximate surface area is 76.2 Å². The summed E-state index contributed by atoms with van der Waals surface area (Å²) < 4.78 is 4.38. The van der Waals surface area contributed by atoms with Crippen LogP contribution in [0, 0.1) is 0 Å². The van der Waals surface area contributed by atoms with Crippen LogP contribution in [0.5, 0.6) is 0 Å². The molecule has 0 aromatic carbocycles. The second-order valence-corrected chi connectivity index (χ2v) is 1.18. The Kier molecular flexibility index (Phi) is 18.8. The zero-order valence-electron chi connectivity index (χ0n) is 5.47. The van der Waals surface area contributed by atoms with E-state index in [4.69, 9.17) is 0 Å². The Hall–Kier alpha value is -0.284. The number of ether oxygens (including phenoxy) is 1. The second kappa shape index (κ2) is 11.5. The summed E-state index contributed by atoms with van der Waals surface area (Å²) in [5.41, 5.74) is 2.59. The van der Waals surface area contributed by atoms with Gasteiger partial charge < -0.3 is 10.2 Å². The molecule has 0 amide bonds. The average Bonchev–Trinajstić information content (AvgIpc) is 1.66. The van der Waals surface area contributed by atoms with Crippen LogP contribution in [0.3, 0.4) is 0 Å². The Balaban J connectivity index is -0.000000245. The maximum absolute atomic E-state index is 10.0. The molecule has 0 aromatic rings. The first kappa shape index (κ1) is 16.4. The first-order chi connectivity index (χ1) is 3.77. The normalized spacial score (nSPS) is 5.40. The van der Waals surface area contributed by atoms with E-state index in [9.17, 15) is 4.79 Å². The van der Waals surface area contributed by atoms with E-state index in [-0.39, 0.29) is 34.5 Å². The van der Waals surface area contributed by atoms with Crippen LogP contribution in [0.4, 0.5) is 0 Å². The van der Waals surface area contributed by atoms with E-state index >= 15 is 0 Å². The largest absolute Gasteiger partial charge is 0.426 e. The molecule has 0 spiro atoms. The van der Waals surface area contributed by atoms with Crippen molar-refractivity contribution in [3.05, 3.63) is 18.1 Å². The monoisotopic (exact) mass is 156 g/mol. The van der Waals surface area contributed by atoms with Crippen molar-refractivity contribution >= 4 is 29.0 Å². The highest BCUT2D eigenvalue weighted by atomic mass is 24.3. The zero-order chi connectivity index (χ0) is 6.41. The van der Waals surface area contributed by atoms with Crippen LogP contribution in [0.2, 0.25) is 0 Å². The van der Waals surface area contributed by atoms with Crippen molar-refractivity contribution in [2.45, 2.75) is 13.8 Å². The van der Waals surface area contributed by atoms with Crippen LogP contribution in [-0.4, -0.2) is 34.5 Å². The van der Waals surface area contributed by atoms with E-state index in [1.54, 1.807) is 13.0 Å². The van der Waals surface area contributed by atoms with Crippen LogP contribution < -0.4 is 0 Å². The molecule has 0 saturated heterocycles. The number of rotatable bonds is 1. The van der Waals surface area contributed by atoms with Gasteiger partial charge in [-0.05, 0) is 13.0 Å². The van der Waals surface area contributed by atoms with Crippen molar-refractivity contribution in [1.29, 1.82) is 0 Å². The summed E-state index contributed by atoms with van der Waals surface area (Å²) >= 11 is 0. The minimum Gasteiger partial charge on any atom is -0.426 e. The molecule has 0 saturated carbocycles. The van der Waals surface area contributed by atoms with Gasteiger partial charge in [0.05, 0.1) is 0 Å². The van der Waals surface area contributed by atoms with Crippen molar-refractivity contribution in [3.63, 3.8) is 0 Å². The van der Waals surface area contributed by atoms with Gasteiger partial charge in [-0.1, -0.05) is 5.73 Å². The van der Waals surface area contributed by atoms with Gasteiger partial charge in [0.15, 0.2) is 0 Å². The zero-order valence-corrected chi connectivity index (χ0v) is 5.47. The molecule has 0 rings (SSSR count). The predicted octanol–water partition coefficient (Wildman–Crippen LogP) is -0.503. The molecule has 0 aliphatic heterocycles. The minimum atomic E-state index is -0.320. The molecule has 0 unspecified atom stereocenters. The molecule has 0 aliphatic carbocycles. The summed E-state index contributed by atoms with van der Waals surface area (Å²) in [6, 6.07) is 0. The van der Waals surface area contributed by atoms with E-state index in [0.717, 1.165) is 0 Å². The lowest BCUT2D eigenvalue weighted by atomic mass is 10.7.